The van der Waals surface area contributed by atoms with E-state index in [4.69, 9.17) is 23.8 Å². The molecule has 0 saturated carbocycles. The molecule has 1 N–H and O–H groups in total. The molecule has 0 radical (unpaired) electrons. The first-order valence-corrected chi connectivity index (χ1v) is 6.65. The van der Waals surface area contributed by atoms with Crippen LogP contribution in [0.3, 0.4) is 0 Å². The summed E-state index contributed by atoms with van der Waals surface area (Å²) in [7, 11) is 0. The molecule has 0 aliphatic rings. The summed E-state index contributed by atoms with van der Waals surface area (Å²) in [6.07, 6.45) is 0. The van der Waals surface area contributed by atoms with Gasteiger partial charge in [-0.15, -0.1) is 0 Å². The Bertz CT molecular complexity index is 583. The lowest BCUT2D eigenvalue weighted by Gasteiger charge is -2.16. The predicted octanol–water partition coefficient (Wildman–Crippen LogP) is 4.64. The predicted molar refractivity (Wildman–Crippen MR) is 76.1 cm³/mol. The van der Waals surface area contributed by atoms with Crippen molar-refractivity contribution in [1.29, 1.82) is 0 Å². The van der Waals surface area contributed by atoms with Crippen molar-refractivity contribution in [2.45, 2.75) is 27.3 Å². The van der Waals surface area contributed by atoms with Gasteiger partial charge in [0.25, 0.3) is 0 Å². The first-order valence-electron chi connectivity index (χ1n) is 5.87. The zero-order chi connectivity index (χ0) is 12.6. The maximum Gasteiger partial charge on any atom is 0.178 e. The summed E-state index contributed by atoms with van der Waals surface area (Å²) in [6.45, 7) is 7.64. The molecule has 1 heterocycles. The molecule has 4 heteroatoms. The SMILES string of the molecule is CC(C)C(C)Cn1c(=S)[nH]c2ccc(Cl)cc21. The minimum atomic E-state index is 0.583. The number of halogens is 1. The maximum absolute atomic E-state index is 6.04. The van der Waals surface area contributed by atoms with Crippen LogP contribution < -0.4 is 0 Å². The van der Waals surface area contributed by atoms with Crippen molar-refractivity contribution < 1.29 is 0 Å². The maximum atomic E-state index is 6.04. The Kier molecular flexibility index (Phi) is 3.59. The van der Waals surface area contributed by atoms with Gasteiger partial charge in [0.05, 0.1) is 11.0 Å². The average Bonchev–Trinajstić information content (AvgIpc) is 2.55. The van der Waals surface area contributed by atoms with Gasteiger partial charge in [0.15, 0.2) is 4.77 Å². The van der Waals surface area contributed by atoms with Crippen LogP contribution in [0.15, 0.2) is 18.2 Å². The normalized spacial score (nSPS) is 13.5. The Labute approximate surface area is 112 Å². The molecule has 1 atom stereocenters. The molecule has 17 heavy (non-hydrogen) atoms. The Morgan fingerprint density at radius 1 is 1.35 bits per heavy atom. The molecule has 0 saturated heterocycles. The molecule has 2 rings (SSSR count). The van der Waals surface area contributed by atoms with E-state index in [-0.39, 0.29) is 0 Å². The zero-order valence-corrected chi connectivity index (χ0v) is 11.9. The fourth-order valence-corrected chi connectivity index (χ4v) is 2.26. The minimum absolute atomic E-state index is 0.583. The van der Waals surface area contributed by atoms with Crippen LogP contribution in [-0.2, 0) is 6.54 Å². The number of nitrogens with one attached hydrogen (secondary N) is 1. The summed E-state index contributed by atoms with van der Waals surface area (Å²) in [5.74, 6) is 1.22. The van der Waals surface area contributed by atoms with E-state index in [1.165, 1.54) is 0 Å². The second-order valence-electron chi connectivity index (χ2n) is 4.92. The van der Waals surface area contributed by atoms with Crippen LogP contribution in [0.25, 0.3) is 11.0 Å². The lowest BCUT2D eigenvalue weighted by atomic mass is 9.98. The highest BCUT2D eigenvalue weighted by atomic mass is 35.5. The van der Waals surface area contributed by atoms with Crippen molar-refractivity contribution in [2.24, 2.45) is 11.8 Å². The quantitative estimate of drug-likeness (QED) is 0.804. The van der Waals surface area contributed by atoms with Gasteiger partial charge in [0.2, 0.25) is 0 Å². The number of aromatic amines is 1. The molecule has 0 aliphatic carbocycles. The van der Waals surface area contributed by atoms with E-state index in [0.717, 1.165) is 27.4 Å². The van der Waals surface area contributed by atoms with Gasteiger partial charge in [-0.25, -0.2) is 0 Å². The number of H-pyrrole nitrogens is 1. The van der Waals surface area contributed by atoms with Gasteiger partial charge in [0, 0.05) is 11.6 Å². The third-order valence-electron chi connectivity index (χ3n) is 3.35. The molecule has 0 fully saturated rings. The average molecular weight is 269 g/mol. The highest BCUT2D eigenvalue weighted by Gasteiger charge is 2.11. The van der Waals surface area contributed by atoms with Crippen LogP contribution in [0, 0.1) is 16.6 Å². The van der Waals surface area contributed by atoms with Crippen LogP contribution >= 0.6 is 23.8 Å². The van der Waals surface area contributed by atoms with Crippen LogP contribution in [0.4, 0.5) is 0 Å². The fraction of sp³-hybridized carbons (Fsp3) is 0.462. The van der Waals surface area contributed by atoms with Crippen LogP contribution in [0.5, 0.6) is 0 Å². The summed E-state index contributed by atoms with van der Waals surface area (Å²) in [4.78, 5) is 3.22. The van der Waals surface area contributed by atoms with E-state index in [1.807, 2.05) is 18.2 Å². The van der Waals surface area contributed by atoms with Crippen molar-refractivity contribution in [3.63, 3.8) is 0 Å². The molecule has 1 aromatic heterocycles. The summed E-state index contributed by atoms with van der Waals surface area (Å²) in [6, 6.07) is 5.83. The van der Waals surface area contributed by atoms with Gasteiger partial charge >= 0.3 is 0 Å². The van der Waals surface area contributed by atoms with E-state index in [1.54, 1.807) is 0 Å². The first kappa shape index (κ1) is 12.7. The summed E-state index contributed by atoms with van der Waals surface area (Å²) >= 11 is 11.4. The standard InChI is InChI=1S/C13H17ClN2S/c1-8(2)9(3)7-16-12-6-10(14)4-5-11(12)15-13(16)17/h4-6,8-9H,7H2,1-3H3,(H,15,17). The highest BCUT2D eigenvalue weighted by Crippen LogP contribution is 2.22. The molecular weight excluding hydrogens is 252 g/mol. The molecule has 1 unspecified atom stereocenters. The fourth-order valence-electron chi connectivity index (χ4n) is 1.81. The molecule has 0 spiro atoms. The van der Waals surface area contributed by atoms with Gasteiger partial charge < -0.3 is 9.55 Å². The lowest BCUT2D eigenvalue weighted by molar-refractivity contribution is 0.367. The summed E-state index contributed by atoms with van der Waals surface area (Å²) in [5, 5.41) is 0.748. The molecule has 2 aromatic rings. The van der Waals surface area contributed by atoms with Gasteiger partial charge in [-0.1, -0.05) is 32.4 Å². The lowest BCUT2D eigenvalue weighted by Crippen LogP contribution is -2.13. The Morgan fingerprint density at radius 3 is 2.71 bits per heavy atom. The number of hydrogen-bond acceptors (Lipinski definition) is 1. The highest BCUT2D eigenvalue weighted by molar-refractivity contribution is 7.71. The Morgan fingerprint density at radius 2 is 2.06 bits per heavy atom. The van der Waals surface area contributed by atoms with E-state index < -0.39 is 0 Å². The van der Waals surface area contributed by atoms with Crippen molar-refractivity contribution in [1.82, 2.24) is 9.55 Å². The molecule has 0 aliphatic heterocycles. The number of fused-ring (bicyclic) bond motifs is 1. The van der Waals surface area contributed by atoms with Crippen LogP contribution in [0.1, 0.15) is 20.8 Å². The molecule has 1 aromatic carbocycles. The smallest absolute Gasteiger partial charge is 0.178 e. The third kappa shape index (κ3) is 2.55. The van der Waals surface area contributed by atoms with E-state index in [2.05, 4.69) is 30.3 Å². The topological polar surface area (TPSA) is 20.7 Å². The largest absolute Gasteiger partial charge is 0.331 e. The number of nitrogens with zero attached hydrogens (tertiary/aromatic N) is 1. The summed E-state index contributed by atoms with van der Waals surface area (Å²) in [5.41, 5.74) is 2.14. The minimum Gasteiger partial charge on any atom is -0.331 e. The monoisotopic (exact) mass is 268 g/mol. The van der Waals surface area contributed by atoms with Crippen LogP contribution in [0.2, 0.25) is 5.02 Å². The van der Waals surface area contributed by atoms with Crippen molar-refractivity contribution in [3.05, 3.63) is 28.0 Å². The third-order valence-corrected chi connectivity index (χ3v) is 3.90. The molecule has 0 amide bonds. The Hall–Kier alpha value is -0.800. The molecule has 92 valence electrons. The second kappa shape index (κ2) is 4.83. The first-order chi connectivity index (χ1) is 7.99. The number of benzene rings is 1. The number of aromatic nitrogens is 2. The zero-order valence-electron chi connectivity index (χ0n) is 10.3. The van der Waals surface area contributed by atoms with Gasteiger partial charge in [-0.05, 0) is 42.3 Å². The second-order valence-corrected chi connectivity index (χ2v) is 5.75. The van der Waals surface area contributed by atoms with Crippen LogP contribution in [-0.4, -0.2) is 9.55 Å². The van der Waals surface area contributed by atoms with E-state index in [0.29, 0.717) is 11.8 Å². The van der Waals surface area contributed by atoms with Gasteiger partial charge in [-0.2, -0.15) is 0 Å². The van der Waals surface area contributed by atoms with E-state index in [9.17, 15) is 0 Å². The van der Waals surface area contributed by atoms with Crippen molar-refractivity contribution in [3.8, 4) is 0 Å². The molecule has 0 bridgehead atoms. The van der Waals surface area contributed by atoms with Gasteiger partial charge in [-0.3, -0.25) is 0 Å². The van der Waals surface area contributed by atoms with E-state index >= 15 is 0 Å². The summed E-state index contributed by atoms with van der Waals surface area (Å²) < 4.78 is 2.91. The molecular formula is C13H17ClN2S. The number of hydrogen-bond donors (Lipinski definition) is 1. The van der Waals surface area contributed by atoms with Crippen molar-refractivity contribution >= 4 is 34.9 Å². The number of imidazole rings is 1. The Balaban J connectivity index is 2.49. The molecule has 2 nitrogen and oxygen atoms in total. The number of rotatable bonds is 3. The van der Waals surface area contributed by atoms with Gasteiger partial charge in [0.1, 0.15) is 0 Å². The van der Waals surface area contributed by atoms with Crippen molar-refractivity contribution in [2.75, 3.05) is 0 Å².